The van der Waals surface area contributed by atoms with E-state index in [1.807, 2.05) is 0 Å². The van der Waals surface area contributed by atoms with Crippen molar-refractivity contribution in [3.63, 3.8) is 0 Å². The van der Waals surface area contributed by atoms with Crippen molar-refractivity contribution in [1.29, 1.82) is 0 Å². The highest BCUT2D eigenvalue weighted by Gasteiger charge is 2.08. The van der Waals surface area contributed by atoms with Crippen molar-refractivity contribution in [3.8, 4) is 5.75 Å². The van der Waals surface area contributed by atoms with E-state index in [9.17, 15) is 14.7 Å². The molecule has 0 aliphatic carbocycles. The van der Waals surface area contributed by atoms with Gasteiger partial charge in [0.05, 0.1) is 11.8 Å². The summed E-state index contributed by atoms with van der Waals surface area (Å²) in [6, 6.07) is 4.49. The molecule has 0 spiro atoms. The average molecular weight is 245 g/mol. The van der Waals surface area contributed by atoms with E-state index in [1.54, 1.807) is 25.3 Å². The first-order valence-electron chi connectivity index (χ1n) is 5.21. The summed E-state index contributed by atoms with van der Waals surface area (Å²) in [5.41, 5.74) is 2.94. The van der Waals surface area contributed by atoms with Gasteiger partial charge < -0.3 is 5.11 Å². The van der Waals surface area contributed by atoms with E-state index in [0.717, 1.165) is 6.20 Å². The second-order valence-corrected chi connectivity index (χ2v) is 3.72. The van der Waals surface area contributed by atoms with Crippen LogP contribution in [0.3, 0.4) is 0 Å². The van der Waals surface area contributed by atoms with Crippen LogP contribution in [0.4, 0.5) is 0 Å². The van der Waals surface area contributed by atoms with Crippen LogP contribution in [0.5, 0.6) is 5.75 Å². The van der Waals surface area contributed by atoms with E-state index >= 15 is 0 Å². The van der Waals surface area contributed by atoms with E-state index < -0.39 is 11.2 Å². The zero-order chi connectivity index (χ0) is 13.1. The number of aryl methyl sites for hydroxylation is 1. The van der Waals surface area contributed by atoms with Crippen LogP contribution in [0.25, 0.3) is 0 Å². The van der Waals surface area contributed by atoms with Gasteiger partial charge in [-0.1, -0.05) is 0 Å². The van der Waals surface area contributed by atoms with E-state index in [-0.39, 0.29) is 5.91 Å². The zero-order valence-electron chi connectivity index (χ0n) is 9.62. The van der Waals surface area contributed by atoms with Crippen molar-refractivity contribution in [1.82, 2.24) is 9.66 Å². The van der Waals surface area contributed by atoms with E-state index in [0.29, 0.717) is 11.3 Å². The molecule has 0 unspecified atom stereocenters. The number of pyridine rings is 2. The Labute approximate surface area is 103 Å². The lowest BCUT2D eigenvalue weighted by atomic mass is 10.3. The molecule has 2 rings (SSSR count). The summed E-state index contributed by atoms with van der Waals surface area (Å²) in [7, 11) is 0. The number of carbonyl (C=O) groups excluding carboxylic acids is 1. The van der Waals surface area contributed by atoms with Gasteiger partial charge in [0.1, 0.15) is 0 Å². The Bertz CT molecular complexity index is 635. The zero-order valence-corrected chi connectivity index (χ0v) is 9.62. The number of aromatic nitrogens is 2. The molecule has 0 radical (unpaired) electrons. The molecule has 0 saturated heterocycles. The largest absolute Gasteiger partial charge is 0.503 e. The standard InChI is InChI=1S/C12H11N3O3/c1-8-5-10(16)11(17)7-15(8)14-12(18)9-3-2-4-13-6-9/h2-7,17H,1H3,(H,14,18). The monoisotopic (exact) mass is 245 g/mol. The Balaban J connectivity index is 2.28. The third kappa shape index (κ3) is 2.37. The van der Waals surface area contributed by atoms with Crippen LogP contribution in [0.2, 0.25) is 0 Å². The Hall–Kier alpha value is -2.63. The van der Waals surface area contributed by atoms with Gasteiger partial charge in [0.25, 0.3) is 5.91 Å². The van der Waals surface area contributed by atoms with Crippen LogP contribution in [0, 0.1) is 6.92 Å². The molecule has 2 aromatic heterocycles. The highest BCUT2D eigenvalue weighted by Crippen LogP contribution is 2.03. The molecule has 0 aliphatic rings. The average Bonchev–Trinajstić information content (AvgIpc) is 2.37. The van der Waals surface area contributed by atoms with Crippen molar-refractivity contribution >= 4 is 5.91 Å². The Kier molecular flexibility index (Phi) is 3.09. The van der Waals surface area contributed by atoms with Gasteiger partial charge in [-0.2, -0.15) is 0 Å². The number of hydrogen-bond acceptors (Lipinski definition) is 4. The lowest BCUT2D eigenvalue weighted by Crippen LogP contribution is -2.25. The van der Waals surface area contributed by atoms with Gasteiger partial charge in [0, 0.05) is 24.2 Å². The first-order chi connectivity index (χ1) is 8.58. The molecule has 6 nitrogen and oxygen atoms in total. The summed E-state index contributed by atoms with van der Waals surface area (Å²) in [4.78, 5) is 26.8. The highest BCUT2D eigenvalue weighted by atomic mass is 16.3. The normalized spacial score (nSPS) is 10.1. The maximum Gasteiger partial charge on any atom is 0.271 e. The third-order valence-corrected chi connectivity index (χ3v) is 2.37. The Morgan fingerprint density at radius 1 is 1.50 bits per heavy atom. The molecular formula is C12H11N3O3. The minimum atomic E-state index is -0.487. The van der Waals surface area contributed by atoms with Gasteiger partial charge in [0.2, 0.25) is 5.43 Å². The lowest BCUT2D eigenvalue weighted by Gasteiger charge is -2.12. The molecule has 0 aliphatic heterocycles. The molecule has 0 fully saturated rings. The van der Waals surface area contributed by atoms with Gasteiger partial charge in [-0.25, -0.2) is 0 Å². The molecule has 0 bridgehead atoms. The molecule has 2 heterocycles. The number of nitrogens with one attached hydrogen (secondary N) is 1. The molecule has 6 heteroatoms. The SMILES string of the molecule is Cc1cc(=O)c(O)cn1NC(=O)c1cccnc1. The molecular weight excluding hydrogens is 234 g/mol. The molecule has 18 heavy (non-hydrogen) atoms. The van der Waals surface area contributed by atoms with E-state index in [2.05, 4.69) is 10.4 Å². The minimum Gasteiger partial charge on any atom is -0.503 e. The molecule has 2 aromatic rings. The quantitative estimate of drug-likeness (QED) is 0.813. The van der Waals surface area contributed by atoms with Crippen molar-refractivity contribution in [3.05, 3.63) is 58.3 Å². The summed E-state index contributed by atoms with van der Waals surface area (Å²) < 4.78 is 1.28. The van der Waals surface area contributed by atoms with Crippen molar-refractivity contribution in [2.75, 3.05) is 5.43 Å². The fraction of sp³-hybridized carbons (Fsp3) is 0.0833. The van der Waals surface area contributed by atoms with Crippen LogP contribution in [0.15, 0.2) is 41.6 Å². The summed E-state index contributed by atoms with van der Waals surface area (Å²) in [6.45, 7) is 1.64. The van der Waals surface area contributed by atoms with E-state index in [1.165, 1.54) is 16.9 Å². The highest BCUT2D eigenvalue weighted by molar-refractivity contribution is 5.99. The van der Waals surface area contributed by atoms with Crippen molar-refractivity contribution in [2.24, 2.45) is 0 Å². The molecule has 92 valence electrons. The molecule has 2 N–H and O–H groups in total. The van der Waals surface area contributed by atoms with Crippen molar-refractivity contribution in [2.45, 2.75) is 6.92 Å². The second kappa shape index (κ2) is 4.70. The number of carbonyl (C=O) groups is 1. The Morgan fingerprint density at radius 3 is 2.94 bits per heavy atom. The lowest BCUT2D eigenvalue weighted by molar-refractivity contribution is 0.101. The van der Waals surface area contributed by atoms with Crippen LogP contribution in [-0.4, -0.2) is 20.7 Å². The van der Waals surface area contributed by atoms with E-state index in [4.69, 9.17) is 0 Å². The molecule has 0 saturated carbocycles. The number of nitrogens with zero attached hydrogens (tertiary/aromatic N) is 2. The Morgan fingerprint density at radius 2 is 2.28 bits per heavy atom. The fourth-order valence-electron chi connectivity index (χ4n) is 1.41. The number of aromatic hydroxyl groups is 1. The maximum absolute atomic E-state index is 11.8. The number of rotatable bonds is 2. The van der Waals surface area contributed by atoms with Gasteiger partial charge in [-0.15, -0.1) is 0 Å². The van der Waals surface area contributed by atoms with Crippen LogP contribution < -0.4 is 10.9 Å². The maximum atomic E-state index is 11.8. The predicted molar refractivity (Wildman–Crippen MR) is 65.0 cm³/mol. The topological polar surface area (TPSA) is 84.2 Å². The van der Waals surface area contributed by atoms with Gasteiger partial charge >= 0.3 is 0 Å². The molecule has 0 atom stereocenters. The summed E-state index contributed by atoms with van der Waals surface area (Å²) in [5, 5.41) is 9.31. The first-order valence-corrected chi connectivity index (χ1v) is 5.21. The molecule has 0 aromatic carbocycles. The van der Waals surface area contributed by atoms with Gasteiger partial charge in [-0.3, -0.25) is 24.7 Å². The second-order valence-electron chi connectivity index (χ2n) is 3.72. The predicted octanol–water partition coefficient (Wildman–Crippen LogP) is 0.641. The number of hydrogen-bond donors (Lipinski definition) is 2. The van der Waals surface area contributed by atoms with Gasteiger partial charge in [-0.05, 0) is 19.1 Å². The van der Waals surface area contributed by atoms with Crippen LogP contribution in [-0.2, 0) is 0 Å². The summed E-state index contributed by atoms with van der Waals surface area (Å²) in [6.07, 6.45) is 4.15. The van der Waals surface area contributed by atoms with Crippen LogP contribution >= 0.6 is 0 Å². The minimum absolute atomic E-state index is 0.380. The van der Waals surface area contributed by atoms with Crippen LogP contribution in [0.1, 0.15) is 16.1 Å². The first kappa shape index (κ1) is 11.8. The van der Waals surface area contributed by atoms with Crippen molar-refractivity contribution < 1.29 is 9.90 Å². The molecule has 1 amide bonds. The number of amides is 1. The summed E-state index contributed by atoms with van der Waals surface area (Å²) >= 11 is 0. The fourth-order valence-corrected chi connectivity index (χ4v) is 1.41. The third-order valence-electron chi connectivity index (χ3n) is 2.37. The smallest absolute Gasteiger partial charge is 0.271 e. The van der Waals surface area contributed by atoms with Gasteiger partial charge in [0.15, 0.2) is 5.75 Å². The summed E-state index contributed by atoms with van der Waals surface area (Å²) in [5.74, 6) is -0.804.